The molecule has 148 valence electrons. The first-order chi connectivity index (χ1) is 13.4. The Morgan fingerprint density at radius 2 is 1.71 bits per heavy atom. The van der Waals surface area contributed by atoms with Gasteiger partial charge in [0.05, 0.1) is 0 Å². The number of benzene rings is 1. The minimum Gasteiger partial charge on any atom is -0.369 e. The van der Waals surface area contributed by atoms with Crippen LogP contribution in [0.4, 0.5) is 5.69 Å². The number of carbonyl (C=O) groups is 2. The van der Waals surface area contributed by atoms with Crippen molar-refractivity contribution in [2.45, 2.75) is 19.3 Å². The Bertz CT molecular complexity index is 830. The number of nitrogens with one attached hydrogen (secondary N) is 1. The first kappa shape index (κ1) is 20.6. The smallest absolute Gasteiger partial charge is 0.255 e. The van der Waals surface area contributed by atoms with Gasteiger partial charge in [-0.3, -0.25) is 9.59 Å². The molecule has 0 saturated carbocycles. The highest BCUT2D eigenvalue weighted by Gasteiger charge is 2.22. The Kier molecular flexibility index (Phi) is 6.88. The summed E-state index contributed by atoms with van der Waals surface area (Å²) in [5.41, 5.74) is 7.61. The molecule has 1 saturated heterocycles. The number of halogens is 2. The van der Waals surface area contributed by atoms with Crippen molar-refractivity contribution in [3.05, 3.63) is 57.8 Å². The molecular formula is C20H22Cl2N4O2. The van der Waals surface area contributed by atoms with Gasteiger partial charge >= 0.3 is 0 Å². The van der Waals surface area contributed by atoms with Crippen LogP contribution in [0.3, 0.4) is 0 Å². The van der Waals surface area contributed by atoms with E-state index in [1.54, 1.807) is 0 Å². The van der Waals surface area contributed by atoms with Crippen molar-refractivity contribution in [1.29, 1.82) is 0 Å². The highest BCUT2D eigenvalue weighted by Crippen LogP contribution is 2.19. The molecule has 0 aliphatic carbocycles. The van der Waals surface area contributed by atoms with E-state index in [-0.39, 0.29) is 28.0 Å². The molecule has 3 rings (SSSR count). The number of nitrogens with zero attached hydrogens (tertiary/aromatic N) is 2. The number of piperidine rings is 1. The zero-order valence-electron chi connectivity index (χ0n) is 15.3. The van der Waals surface area contributed by atoms with Gasteiger partial charge in [0.2, 0.25) is 5.91 Å². The Hall–Kier alpha value is -2.15. The molecule has 1 aromatic heterocycles. The number of rotatable bonds is 6. The number of carbonyl (C=O) groups excluding carboxylic acids is 2. The van der Waals surface area contributed by atoms with Crippen LogP contribution in [0.2, 0.25) is 10.3 Å². The van der Waals surface area contributed by atoms with E-state index >= 15 is 0 Å². The van der Waals surface area contributed by atoms with Gasteiger partial charge in [-0.2, -0.15) is 0 Å². The fourth-order valence-corrected chi connectivity index (χ4v) is 3.74. The number of likely N-dealkylation sites (tertiary alicyclic amines) is 1. The first-order valence-electron chi connectivity index (χ1n) is 9.16. The lowest BCUT2D eigenvalue weighted by atomic mass is 9.96. The molecule has 1 fully saturated rings. The van der Waals surface area contributed by atoms with Crippen molar-refractivity contribution >= 4 is 40.7 Å². The van der Waals surface area contributed by atoms with Gasteiger partial charge in [0.25, 0.3) is 5.91 Å². The van der Waals surface area contributed by atoms with E-state index in [0.29, 0.717) is 11.3 Å². The van der Waals surface area contributed by atoms with Gasteiger partial charge in [-0.15, -0.1) is 0 Å². The van der Waals surface area contributed by atoms with Gasteiger partial charge in [0.15, 0.2) is 0 Å². The average Bonchev–Trinajstić information content (AvgIpc) is 2.67. The molecule has 1 aliphatic heterocycles. The Balaban J connectivity index is 1.50. The third-order valence-electron chi connectivity index (χ3n) is 4.94. The van der Waals surface area contributed by atoms with Gasteiger partial charge in [0.1, 0.15) is 10.3 Å². The predicted octanol–water partition coefficient (Wildman–Crippen LogP) is 3.38. The van der Waals surface area contributed by atoms with E-state index in [9.17, 15) is 9.59 Å². The van der Waals surface area contributed by atoms with Crippen LogP contribution in [0.25, 0.3) is 0 Å². The standard InChI is InChI=1S/C20H22Cl2N4O2/c21-17-11-15(12-18(22)25-17)20(28)24-16-3-1-13(2-4-16)5-8-26-9-6-14(7-10-26)19(23)27/h1-4,11-12,14H,5-10H2,(H2,23,27)(H,24,28). The van der Waals surface area contributed by atoms with Crippen LogP contribution in [-0.2, 0) is 11.2 Å². The second-order valence-corrected chi connectivity index (χ2v) is 7.70. The zero-order chi connectivity index (χ0) is 20.1. The molecular weight excluding hydrogens is 399 g/mol. The molecule has 0 bridgehead atoms. The molecule has 0 unspecified atom stereocenters. The summed E-state index contributed by atoms with van der Waals surface area (Å²) in [4.78, 5) is 29.7. The van der Waals surface area contributed by atoms with Crippen molar-refractivity contribution < 1.29 is 9.59 Å². The highest BCUT2D eigenvalue weighted by atomic mass is 35.5. The predicted molar refractivity (Wildman–Crippen MR) is 111 cm³/mol. The van der Waals surface area contributed by atoms with Crippen LogP contribution in [0.1, 0.15) is 28.8 Å². The minimum absolute atomic E-state index is 0.0179. The third-order valence-corrected chi connectivity index (χ3v) is 5.33. The van der Waals surface area contributed by atoms with Crippen LogP contribution >= 0.6 is 23.2 Å². The molecule has 0 radical (unpaired) electrons. The molecule has 1 aliphatic rings. The summed E-state index contributed by atoms with van der Waals surface area (Å²) in [7, 11) is 0. The SMILES string of the molecule is NC(=O)C1CCN(CCc2ccc(NC(=O)c3cc(Cl)nc(Cl)c3)cc2)CC1. The normalized spacial score (nSPS) is 15.4. The Morgan fingerprint density at radius 3 is 2.29 bits per heavy atom. The van der Waals surface area contributed by atoms with E-state index in [4.69, 9.17) is 28.9 Å². The van der Waals surface area contributed by atoms with E-state index < -0.39 is 0 Å². The van der Waals surface area contributed by atoms with E-state index in [1.165, 1.54) is 17.7 Å². The lowest BCUT2D eigenvalue weighted by Crippen LogP contribution is -2.39. The fourth-order valence-electron chi connectivity index (χ4n) is 3.28. The summed E-state index contributed by atoms with van der Waals surface area (Å²) < 4.78 is 0. The maximum Gasteiger partial charge on any atom is 0.255 e. The molecule has 0 spiro atoms. The molecule has 28 heavy (non-hydrogen) atoms. The number of pyridine rings is 1. The van der Waals surface area contributed by atoms with Crippen LogP contribution in [-0.4, -0.2) is 41.3 Å². The quantitative estimate of drug-likeness (QED) is 0.700. The van der Waals surface area contributed by atoms with Crippen LogP contribution in [0.15, 0.2) is 36.4 Å². The molecule has 2 aromatic rings. The number of hydrogen-bond donors (Lipinski definition) is 2. The summed E-state index contributed by atoms with van der Waals surface area (Å²) in [6, 6.07) is 10.7. The molecule has 6 nitrogen and oxygen atoms in total. The fraction of sp³-hybridized carbons (Fsp3) is 0.350. The molecule has 8 heteroatoms. The molecule has 1 aromatic carbocycles. The van der Waals surface area contributed by atoms with Crippen LogP contribution < -0.4 is 11.1 Å². The summed E-state index contributed by atoms with van der Waals surface area (Å²) in [5.74, 6) is -0.464. The second kappa shape index (κ2) is 9.37. The number of nitrogens with two attached hydrogens (primary N) is 1. The van der Waals surface area contributed by atoms with Crippen molar-refractivity contribution in [3.8, 4) is 0 Å². The van der Waals surface area contributed by atoms with Gasteiger partial charge in [0, 0.05) is 23.7 Å². The van der Waals surface area contributed by atoms with Crippen molar-refractivity contribution in [1.82, 2.24) is 9.88 Å². The van der Waals surface area contributed by atoms with E-state index in [1.807, 2.05) is 24.3 Å². The second-order valence-electron chi connectivity index (χ2n) is 6.92. The van der Waals surface area contributed by atoms with Crippen LogP contribution in [0.5, 0.6) is 0 Å². The summed E-state index contributed by atoms with van der Waals surface area (Å²) in [6.45, 7) is 2.74. The van der Waals surface area contributed by atoms with Crippen molar-refractivity contribution in [3.63, 3.8) is 0 Å². The maximum atomic E-state index is 12.3. The third kappa shape index (κ3) is 5.67. The molecule has 0 atom stereocenters. The summed E-state index contributed by atoms with van der Waals surface area (Å²) in [5, 5.41) is 3.17. The van der Waals surface area contributed by atoms with Crippen molar-refractivity contribution in [2.75, 3.05) is 25.0 Å². The van der Waals surface area contributed by atoms with Crippen molar-refractivity contribution in [2.24, 2.45) is 11.7 Å². The Morgan fingerprint density at radius 1 is 1.11 bits per heavy atom. The zero-order valence-corrected chi connectivity index (χ0v) is 16.8. The lowest BCUT2D eigenvalue weighted by molar-refractivity contribution is -0.123. The van der Waals surface area contributed by atoms with E-state index in [0.717, 1.165) is 38.9 Å². The topological polar surface area (TPSA) is 88.3 Å². The summed E-state index contributed by atoms with van der Waals surface area (Å²) >= 11 is 11.7. The monoisotopic (exact) mass is 420 g/mol. The van der Waals surface area contributed by atoms with Crippen LogP contribution in [0, 0.1) is 5.92 Å². The van der Waals surface area contributed by atoms with Gasteiger partial charge < -0.3 is 16.0 Å². The minimum atomic E-state index is -0.295. The van der Waals surface area contributed by atoms with Gasteiger partial charge in [-0.05, 0) is 62.2 Å². The maximum absolute atomic E-state index is 12.3. The average molecular weight is 421 g/mol. The number of hydrogen-bond acceptors (Lipinski definition) is 4. The molecule has 2 heterocycles. The van der Waals surface area contributed by atoms with Gasteiger partial charge in [-0.25, -0.2) is 4.98 Å². The first-order valence-corrected chi connectivity index (χ1v) is 9.91. The number of primary amides is 1. The lowest BCUT2D eigenvalue weighted by Gasteiger charge is -2.30. The number of anilines is 1. The summed E-state index contributed by atoms with van der Waals surface area (Å²) in [6.07, 6.45) is 2.58. The highest BCUT2D eigenvalue weighted by molar-refractivity contribution is 6.33. The number of amides is 2. The number of aromatic nitrogens is 1. The Labute approximate surface area is 174 Å². The molecule has 2 amide bonds. The molecule has 3 N–H and O–H groups in total. The van der Waals surface area contributed by atoms with E-state index in [2.05, 4.69) is 15.2 Å². The van der Waals surface area contributed by atoms with Gasteiger partial charge in [-0.1, -0.05) is 35.3 Å². The largest absolute Gasteiger partial charge is 0.369 e.